The summed E-state index contributed by atoms with van der Waals surface area (Å²) >= 11 is 6.13. The molecule has 2 aliphatic heterocycles. The Balaban J connectivity index is 1.48. The van der Waals surface area contributed by atoms with Crippen LogP contribution < -0.4 is 10.1 Å². The lowest BCUT2D eigenvalue weighted by molar-refractivity contribution is 0.0528. The van der Waals surface area contributed by atoms with Crippen molar-refractivity contribution in [3.05, 3.63) is 64.2 Å². The zero-order valence-corrected chi connectivity index (χ0v) is 19.8. The molecule has 0 bridgehead atoms. The molecule has 0 atom stereocenters. The van der Waals surface area contributed by atoms with Crippen molar-refractivity contribution in [2.75, 3.05) is 26.2 Å². The van der Waals surface area contributed by atoms with Gasteiger partial charge in [-0.25, -0.2) is 8.78 Å². The molecule has 0 aliphatic carbocycles. The van der Waals surface area contributed by atoms with E-state index < -0.39 is 23.1 Å². The Morgan fingerprint density at radius 3 is 2.44 bits per heavy atom. The van der Waals surface area contributed by atoms with Crippen LogP contribution in [0.25, 0.3) is 0 Å². The average Bonchev–Trinajstić information content (AvgIpc) is 2.83. The molecule has 1 spiro atoms. The maximum atomic E-state index is 14.1. The number of piperidine rings is 1. The minimum absolute atomic E-state index is 0.187. The molecular formula is C26H29ClF2N2O3. The fourth-order valence-electron chi connectivity index (χ4n) is 4.87. The van der Waals surface area contributed by atoms with Crippen molar-refractivity contribution >= 4 is 23.4 Å². The molecule has 34 heavy (non-hydrogen) atoms. The maximum absolute atomic E-state index is 14.1. The van der Waals surface area contributed by atoms with E-state index in [4.69, 9.17) is 16.3 Å². The predicted octanol–water partition coefficient (Wildman–Crippen LogP) is 5.61. The Labute approximate surface area is 203 Å². The number of amides is 2. The van der Waals surface area contributed by atoms with Crippen molar-refractivity contribution in [1.29, 1.82) is 0 Å². The van der Waals surface area contributed by atoms with E-state index in [0.29, 0.717) is 55.4 Å². The summed E-state index contributed by atoms with van der Waals surface area (Å²) in [7, 11) is 0. The summed E-state index contributed by atoms with van der Waals surface area (Å²) in [5.41, 5.74) is -0.284. The lowest BCUT2D eigenvalue weighted by Gasteiger charge is -2.42. The van der Waals surface area contributed by atoms with Gasteiger partial charge in [0.15, 0.2) is 0 Å². The topological polar surface area (TPSA) is 58.6 Å². The lowest BCUT2D eigenvalue weighted by Crippen LogP contribution is -2.48. The number of nitrogens with zero attached hydrogens (tertiary/aromatic N) is 1. The number of likely N-dealkylation sites (tertiary alicyclic amines) is 1. The number of carbonyl (C=O) groups excluding carboxylic acids is 2. The van der Waals surface area contributed by atoms with E-state index in [1.165, 1.54) is 11.0 Å². The van der Waals surface area contributed by atoms with Gasteiger partial charge in [-0.3, -0.25) is 9.59 Å². The molecule has 1 N–H and O–H groups in total. The molecular weight excluding hydrogens is 462 g/mol. The number of halogens is 3. The van der Waals surface area contributed by atoms with Gasteiger partial charge in [-0.1, -0.05) is 36.9 Å². The van der Waals surface area contributed by atoms with Gasteiger partial charge in [-0.2, -0.15) is 0 Å². The van der Waals surface area contributed by atoms with Crippen LogP contribution >= 0.6 is 11.6 Å². The van der Waals surface area contributed by atoms with Gasteiger partial charge < -0.3 is 15.0 Å². The number of carbonyl (C=O) groups is 2. The molecule has 0 aromatic heterocycles. The normalized spacial score (nSPS) is 19.1. The van der Waals surface area contributed by atoms with Crippen molar-refractivity contribution in [2.24, 2.45) is 5.41 Å². The Hall–Kier alpha value is -2.67. The third kappa shape index (κ3) is 5.52. The summed E-state index contributed by atoms with van der Waals surface area (Å²) in [6.07, 6.45) is 6.18. The highest BCUT2D eigenvalue weighted by Crippen LogP contribution is 2.37. The summed E-state index contributed by atoms with van der Waals surface area (Å²) < 4.78 is 34.1. The zero-order valence-electron chi connectivity index (χ0n) is 19.0. The lowest BCUT2D eigenvalue weighted by atomic mass is 9.74. The maximum Gasteiger partial charge on any atom is 0.259 e. The molecule has 2 heterocycles. The molecule has 1 saturated heterocycles. The second-order valence-corrected chi connectivity index (χ2v) is 9.66. The number of ether oxygens (including phenoxy) is 1. The van der Waals surface area contributed by atoms with Crippen molar-refractivity contribution in [3.8, 4) is 5.75 Å². The molecule has 1 fully saturated rings. The first kappa shape index (κ1) is 24.5. The molecule has 2 aromatic rings. The first-order valence-corrected chi connectivity index (χ1v) is 12.2. The van der Waals surface area contributed by atoms with Gasteiger partial charge in [0, 0.05) is 24.7 Å². The Bertz CT molecular complexity index is 1030. The molecule has 0 saturated carbocycles. The van der Waals surface area contributed by atoms with Gasteiger partial charge in [0.1, 0.15) is 22.9 Å². The zero-order chi connectivity index (χ0) is 24.1. The average molecular weight is 491 g/mol. The van der Waals surface area contributed by atoms with Crippen LogP contribution in [-0.4, -0.2) is 43.0 Å². The summed E-state index contributed by atoms with van der Waals surface area (Å²) in [4.78, 5) is 27.4. The number of fused-ring (bicyclic) bond motifs is 1. The Kier molecular flexibility index (Phi) is 7.71. The van der Waals surface area contributed by atoms with Gasteiger partial charge >= 0.3 is 0 Å². The molecule has 4 rings (SSSR count). The van der Waals surface area contributed by atoms with Crippen LogP contribution in [0.1, 0.15) is 65.7 Å². The highest BCUT2D eigenvalue weighted by atomic mass is 35.5. The van der Waals surface area contributed by atoms with Crippen LogP contribution in [0, 0.1) is 17.0 Å². The van der Waals surface area contributed by atoms with Crippen LogP contribution in [0.2, 0.25) is 5.02 Å². The van der Waals surface area contributed by atoms with Crippen LogP contribution in [0.4, 0.5) is 8.78 Å². The molecule has 2 aliphatic rings. The van der Waals surface area contributed by atoms with Gasteiger partial charge in [-0.15, -0.1) is 0 Å². The van der Waals surface area contributed by atoms with E-state index in [9.17, 15) is 18.4 Å². The summed E-state index contributed by atoms with van der Waals surface area (Å²) in [6, 6.07) is 8.49. The Morgan fingerprint density at radius 1 is 1.00 bits per heavy atom. The van der Waals surface area contributed by atoms with Crippen molar-refractivity contribution < 1.29 is 23.1 Å². The van der Waals surface area contributed by atoms with Crippen LogP contribution in [0.3, 0.4) is 0 Å². The van der Waals surface area contributed by atoms with Crippen molar-refractivity contribution in [3.63, 3.8) is 0 Å². The van der Waals surface area contributed by atoms with E-state index in [-0.39, 0.29) is 11.3 Å². The first-order chi connectivity index (χ1) is 16.4. The van der Waals surface area contributed by atoms with Crippen LogP contribution in [-0.2, 0) is 0 Å². The van der Waals surface area contributed by atoms with E-state index >= 15 is 0 Å². The number of nitrogens with one attached hydrogen (secondary N) is 1. The van der Waals surface area contributed by atoms with Gasteiger partial charge in [0.05, 0.1) is 12.2 Å². The van der Waals surface area contributed by atoms with Gasteiger partial charge in [0.2, 0.25) is 0 Å². The third-order valence-electron chi connectivity index (χ3n) is 6.96. The smallest absolute Gasteiger partial charge is 0.259 e. The second-order valence-electron chi connectivity index (χ2n) is 9.22. The van der Waals surface area contributed by atoms with E-state index in [1.54, 1.807) is 18.2 Å². The molecule has 2 aromatic carbocycles. The Morgan fingerprint density at radius 2 is 1.71 bits per heavy atom. The quantitative estimate of drug-likeness (QED) is 0.565. The fourth-order valence-corrected chi connectivity index (χ4v) is 5.04. The predicted molar refractivity (Wildman–Crippen MR) is 126 cm³/mol. The summed E-state index contributed by atoms with van der Waals surface area (Å²) in [5.74, 6) is -2.05. The minimum Gasteiger partial charge on any atom is -0.493 e. The van der Waals surface area contributed by atoms with E-state index in [1.807, 2.05) is 0 Å². The number of hydrogen-bond donors (Lipinski definition) is 1. The highest BCUT2D eigenvalue weighted by Gasteiger charge is 2.37. The fraction of sp³-hybridized carbons (Fsp3) is 0.462. The van der Waals surface area contributed by atoms with Crippen LogP contribution in [0.5, 0.6) is 5.75 Å². The molecule has 0 radical (unpaired) electrons. The van der Waals surface area contributed by atoms with E-state index in [0.717, 1.165) is 44.2 Å². The summed E-state index contributed by atoms with van der Waals surface area (Å²) in [6.45, 7) is 1.76. The van der Waals surface area contributed by atoms with Crippen molar-refractivity contribution in [1.82, 2.24) is 10.2 Å². The van der Waals surface area contributed by atoms with Gasteiger partial charge in [0.25, 0.3) is 11.8 Å². The molecule has 0 unspecified atom stereocenters. The molecule has 2 amide bonds. The van der Waals surface area contributed by atoms with E-state index in [2.05, 4.69) is 5.32 Å². The van der Waals surface area contributed by atoms with Gasteiger partial charge in [-0.05, 0) is 61.4 Å². The molecule has 8 heteroatoms. The van der Waals surface area contributed by atoms with Crippen LogP contribution in [0.15, 0.2) is 36.4 Å². The first-order valence-electron chi connectivity index (χ1n) is 11.8. The number of rotatable bonds is 1. The molecule has 182 valence electrons. The SMILES string of the molecule is O=C1NCC2(CCCCCCOc3ccc(Cl)cc31)CCN(C(=O)c1c(F)cccc1F)CC2. The largest absolute Gasteiger partial charge is 0.493 e. The number of benzene rings is 2. The highest BCUT2D eigenvalue weighted by molar-refractivity contribution is 6.31. The second kappa shape index (κ2) is 10.7. The standard InChI is InChI=1S/C26H29ClF2N2O3/c27-18-8-9-22-19(16-18)24(32)30-17-26(10-3-1-2-4-15-34-22)11-13-31(14-12-26)25(33)23-20(28)6-5-7-21(23)29/h5-9,16H,1-4,10-15,17H2,(H,30,32). The van der Waals surface area contributed by atoms with Crippen molar-refractivity contribution in [2.45, 2.75) is 44.9 Å². The summed E-state index contributed by atoms with van der Waals surface area (Å²) in [5, 5.41) is 3.52. The third-order valence-corrected chi connectivity index (χ3v) is 7.19. The minimum atomic E-state index is -0.848. The monoisotopic (exact) mass is 490 g/mol. The molecule has 5 nitrogen and oxygen atoms in total. The number of hydrogen-bond acceptors (Lipinski definition) is 3.